The van der Waals surface area contributed by atoms with Crippen molar-refractivity contribution in [2.45, 2.75) is 16.3 Å². The van der Waals surface area contributed by atoms with Crippen LogP contribution < -0.4 is 10.2 Å². The minimum atomic E-state index is -0.154. The van der Waals surface area contributed by atoms with Gasteiger partial charge in [-0.15, -0.1) is 0 Å². The van der Waals surface area contributed by atoms with Gasteiger partial charge in [0.25, 0.3) is 5.91 Å². The lowest BCUT2D eigenvalue weighted by Crippen LogP contribution is -2.43. The number of anilines is 2. The molecule has 32 heavy (non-hydrogen) atoms. The first-order valence-electron chi connectivity index (χ1n) is 10.6. The van der Waals surface area contributed by atoms with Crippen molar-refractivity contribution in [3.05, 3.63) is 83.9 Å². The van der Waals surface area contributed by atoms with Gasteiger partial charge in [-0.3, -0.25) is 4.79 Å². The van der Waals surface area contributed by atoms with Crippen LogP contribution >= 0.6 is 11.8 Å². The number of morpholine rings is 1. The zero-order chi connectivity index (χ0) is 21.9. The number of urea groups is 1. The van der Waals surface area contributed by atoms with Gasteiger partial charge in [-0.1, -0.05) is 54.2 Å². The number of amides is 3. The summed E-state index contributed by atoms with van der Waals surface area (Å²) in [5.74, 6) is -0.0487. The van der Waals surface area contributed by atoms with E-state index in [0.717, 1.165) is 21.0 Å². The van der Waals surface area contributed by atoms with Crippen LogP contribution in [0.2, 0.25) is 0 Å². The summed E-state index contributed by atoms with van der Waals surface area (Å²) in [6, 6.07) is 23.2. The molecule has 0 spiro atoms. The molecule has 3 aromatic rings. The lowest BCUT2D eigenvalue weighted by molar-refractivity contribution is 0.0564. The Morgan fingerprint density at radius 1 is 0.938 bits per heavy atom. The zero-order valence-electron chi connectivity index (χ0n) is 17.5. The first-order valence-corrected chi connectivity index (χ1v) is 11.4. The molecule has 3 aromatic carbocycles. The van der Waals surface area contributed by atoms with Crippen molar-refractivity contribution in [2.24, 2.45) is 0 Å². The van der Waals surface area contributed by atoms with Crippen LogP contribution in [0.25, 0.3) is 0 Å². The van der Waals surface area contributed by atoms with Gasteiger partial charge in [0.15, 0.2) is 0 Å². The van der Waals surface area contributed by atoms with Gasteiger partial charge in [-0.05, 0) is 35.9 Å². The van der Waals surface area contributed by atoms with Crippen molar-refractivity contribution in [3.8, 4) is 0 Å². The van der Waals surface area contributed by atoms with Crippen LogP contribution in [0.4, 0.5) is 16.2 Å². The van der Waals surface area contributed by atoms with Gasteiger partial charge < -0.3 is 19.9 Å². The molecule has 0 aromatic heterocycles. The van der Waals surface area contributed by atoms with E-state index in [4.69, 9.17) is 4.74 Å². The molecule has 6 nitrogen and oxygen atoms in total. The SMILES string of the molecule is O=C(Nc1ccc2c(c1)N(Cc1ccccc1)C(=O)c1ccccc1S2)N1CCOCC1. The summed E-state index contributed by atoms with van der Waals surface area (Å²) in [4.78, 5) is 31.7. The lowest BCUT2D eigenvalue weighted by Gasteiger charge is -2.27. The third-order valence-electron chi connectivity index (χ3n) is 5.57. The minimum Gasteiger partial charge on any atom is -0.378 e. The monoisotopic (exact) mass is 445 g/mol. The fourth-order valence-electron chi connectivity index (χ4n) is 3.89. The van der Waals surface area contributed by atoms with E-state index in [0.29, 0.717) is 44.1 Å². The summed E-state index contributed by atoms with van der Waals surface area (Å²) in [6.07, 6.45) is 0. The highest BCUT2D eigenvalue weighted by atomic mass is 32.2. The highest BCUT2D eigenvalue weighted by Gasteiger charge is 2.28. The van der Waals surface area contributed by atoms with E-state index in [1.807, 2.05) is 72.8 Å². The number of carbonyl (C=O) groups is 2. The molecule has 0 radical (unpaired) electrons. The zero-order valence-corrected chi connectivity index (χ0v) is 18.3. The summed E-state index contributed by atoms with van der Waals surface area (Å²) >= 11 is 1.57. The average molecular weight is 446 g/mol. The smallest absolute Gasteiger partial charge is 0.322 e. The minimum absolute atomic E-state index is 0.0487. The van der Waals surface area contributed by atoms with Crippen molar-refractivity contribution in [2.75, 3.05) is 36.5 Å². The summed E-state index contributed by atoms with van der Waals surface area (Å²) in [7, 11) is 0. The van der Waals surface area contributed by atoms with Gasteiger partial charge in [0, 0.05) is 28.6 Å². The van der Waals surface area contributed by atoms with E-state index < -0.39 is 0 Å². The molecule has 0 unspecified atom stereocenters. The Morgan fingerprint density at radius 3 is 2.50 bits per heavy atom. The van der Waals surface area contributed by atoms with Crippen molar-refractivity contribution in [3.63, 3.8) is 0 Å². The van der Waals surface area contributed by atoms with E-state index in [-0.39, 0.29) is 11.9 Å². The Morgan fingerprint density at radius 2 is 1.69 bits per heavy atom. The topological polar surface area (TPSA) is 61.9 Å². The molecule has 7 heteroatoms. The molecular weight excluding hydrogens is 422 g/mol. The first kappa shape index (κ1) is 20.6. The van der Waals surface area contributed by atoms with Gasteiger partial charge in [-0.2, -0.15) is 0 Å². The van der Waals surface area contributed by atoms with Crippen LogP contribution in [-0.4, -0.2) is 43.1 Å². The lowest BCUT2D eigenvalue weighted by atomic mass is 10.1. The number of nitrogens with zero attached hydrogens (tertiary/aromatic N) is 2. The highest BCUT2D eigenvalue weighted by molar-refractivity contribution is 7.99. The van der Waals surface area contributed by atoms with Crippen LogP contribution in [-0.2, 0) is 11.3 Å². The van der Waals surface area contributed by atoms with Crippen LogP contribution in [0.5, 0.6) is 0 Å². The summed E-state index contributed by atoms with van der Waals surface area (Å²) in [5.41, 5.74) is 3.18. The number of benzene rings is 3. The molecule has 162 valence electrons. The molecule has 1 saturated heterocycles. The van der Waals surface area contributed by atoms with Crippen LogP contribution in [0, 0.1) is 0 Å². The predicted octanol–water partition coefficient (Wildman–Crippen LogP) is 4.86. The third kappa shape index (κ3) is 4.22. The summed E-state index contributed by atoms with van der Waals surface area (Å²) in [5, 5.41) is 2.99. The molecule has 0 bridgehead atoms. The Kier molecular flexibility index (Phi) is 5.83. The van der Waals surface area contributed by atoms with Crippen molar-refractivity contribution in [1.82, 2.24) is 4.90 Å². The van der Waals surface area contributed by atoms with Gasteiger partial charge >= 0.3 is 6.03 Å². The van der Waals surface area contributed by atoms with Crippen LogP contribution in [0.1, 0.15) is 15.9 Å². The Bertz CT molecular complexity index is 1150. The number of hydrogen-bond donors (Lipinski definition) is 1. The standard InChI is InChI=1S/C25H23N3O3S/c29-24-20-8-4-5-9-22(20)32-23-11-10-19(26-25(30)27-12-14-31-15-13-27)16-21(23)28(24)17-18-6-2-1-3-7-18/h1-11,16H,12-15,17H2,(H,26,30). The molecule has 0 atom stereocenters. The average Bonchev–Trinajstić information content (AvgIpc) is 2.95. The maximum Gasteiger partial charge on any atom is 0.322 e. The molecular formula is C25H23N3O3S. The Balaban J connectivity index is 1.50. The number of ether oxygens (including phenoxy) is 1. The molecule has 2 heterocycles. The highest BCUT2D eigenvalue weighted by Crippen LogP contribution is 2.43. The van der Waals surface area contributed by atoms with Crippen LogP contribution in [0.3, 0.4) is 0 Å². The fourth-order valence-corrected chi connectivity index (χ4v) is 4.95. The van der Waals surface area contributed by atoms with E-state index in [1.54, 1.807) is 21.6 Å². The molecule has 0 aliphatic carbocycles. The normalized spacial score (nSPS) is 15.6. The number of hydrogen-bond acceptors (Lipinski definition) is 4. The Labute approximate surface area is 191 Å². The largest absolute Gasteiger partial charge is 0.378 e. The second-order valence-corrected chi connectivity index (χ2v) is 8.77. The molecule has 1 fully saturated rings. The van der Waals surface area contributed by atoms with E-state index >= 15 is 0 Å². The van der Waals surface area contributed by atoms with Crippen LogP contribution in [0.15, 0.2) is 82.6 Å². The predicted molar refractivity (Wildman–Crippen MR) is 125 cm³/mol. The Hall–Kier alpha value is -3.29. The maximum atomic E-state index is 13.6. The number of rotatable bonds is 3. The van der Waals surface area contributed by atoms with Gasteiger partial charge in [0.05, 0.1) is 31.0 Å². The quantitative estimate of drug-likeness (QED) is 0.625. The molecule has 2 aliphatic rings. The summed E-state index contributed by atoms with van der Waals surface area (Å²) < 4.78 is 5.33. The van der Waals surface area contributed by atoms with Crippen molar-refractivity contribution < 1.29 is 14.3 Å². The first-order chi connectivity index (χ1) is 15.7. The molecule has 5 rings (SSSR count). The maximum absolute atomic E-state index is 13.6. The van der Waals surface area contributed by atoms with Gasteiger partial charge in [0.2, 0.25) is 0 Å². The second-order valence-electron chi connectivity index (χ2n) is 7.69. The van der Waals surface area contributed by atoms with Crippen molar-refractivity contribution in [1.29, 1.82) is 0 Å². The number of carbonyl (C=O) groups excluding carboxylic acids is 2. The van der Waals surface area contributed by atoms with Gasteiger partial charge in [0.1, 0.15) is 0 Å². The van der Waals surface area contributed by atoms with E-state index in [2.05, 4.69) is 5.32 Å². The third-order valence-corrected chi connectivity index (χ3v) is 6.71. The molecule has 2 aliphatic heterocycles. The van der Waals surface area contributed by atoms with Crippen molar-refractivity contribution >= 4 is 35.1 Å². The van der Waals surface area contributed by atoms with Gasteiger partial charge in [-0.25, -0.2) is 4.79 Å². The van der Waals surface area contributed by atoms with E-state index in [9.17, 15) is 9.59 Å². The second kappa shape index (κ2) is 9.06. The van der Waals surface area contributed by atoms with E-state index in [1.165, 1.54) is 0 Å². The fraction of sp³-hybridized carbons (Fsp3) is 0.200. The molecule has 1 N–H and O–H groups in total. The molecule has 3 amide bonds. The number of fused-ring (bicyclic) bond motifs is 2. The number of nitrogens with one attached hydrogen (secondary N) is 1. The summed E-state index contributed by atoms with van der Waals surface area (Å²) in [6.45, 7) is 2.68. The molecule has 0 saturated carbocycles.